The molecule has 2 aliphatic heterocycles. The first kappa shape index (κ1) is 9.01. The molecule has 3 heteroatoms. The maximum absolute atomic E-state index is 11.7. The Balaban J connectivity index is 2.02. The monoisotopic (exact) mass is 206 g/mol. The Kier molecular flexibility index (Phi) is 1.87. The van der Waals surface area contributed by atoms with Crippen LogP contribution in [-0.4, -0.2) is 12.6 Å². The van der Waals surface area contributed by atoms with Crippen molar-refractivity contribution in [3.05, 3.63) is 23.7 Å². The van der Waals surface area contributed by atoms with E-state index in [0.29, 0.717) is 6.61 Å². The van der Waals surface area contributed by atoms with E-state index < -0.39 is 0 Å². The predicted molar refractivity (Wildman–Crippen MR) is 53.7 cm³/mol. The van der Waals surface area contributed by atoms with E-state index in [1.165, 1.54) is 19.3 Å². The van der Waals surface area contributed by atoms with Gasteiger partial charge in [-0.1, -0.05) is 19.3 Å². The van der Waals surface area contributed by atoms with Crippen LogP contribution in [-0.2, 0) is 14.3 Å². The smallest absolute Gasteiger partial charge is 0.338 e. The SMILES string of the molecule is O=C1OCC2=C1C1(C=CO2)CCCCC1. The number of rotatable bonds is 0. The normalized spacial score (nSPS) is 27.6. The van der Waals surface area contributed by atoms with Gasteiger partial charge < -0.3 is 9.47 Å². The maximum atomic E-state index is 11.7. The first-order valence-corrected chi connectivity index (χ1v) is 5.57. The summed E-state index contributed by atoms with van der Waals surface area (Å²) in [5, 5.41) is 0. The van der Waals surface area contributed by atoms with Crippen LogP contribution in [0.25, 0.3) is 0 Å². The van der Waals surface area contributed by atoms with Gasteiger partial charge in [0.05, 0.1) is 11.8 Å². The first-order chi connectivity index (χ1) is 7.32. The number of cyclic esters (lactones) is 1. The summed E-state index contributed by atoms with van der Waals surface area (Å²) in [7, 11) is 0. The van der Waals surface area contributed by atoms with Crippen LogP contribution in [0.3, 0.4) is 0 Å². The van der Waals surface area contributed by atoms with Gasteiger partial charge in [-0.05, 0) is 18.9 Å². The number of allylic oxidation sites excluding steroid dienone is 1. The topological polar surface area (TPSA) is 35.5 Å². The van der Waals surface area contributed by atoms with Gasteiger partial charge in [0.2, 0.25) is 0 Å². The predicted octanol–water partition coefficient (Wildman–Crippen LogP) is 2.29. The fourth-order valence-electron chi connectivity index (χ4n) is 2.89. The van der Waals surface area contributed by atoms with Crippen molar-refractivity contribution >= 4 is 5.97 Å². The molecule has 0 unspecified atom stereocenters. The highest BCUT2D eigenvalue weighted by molar-refractivity contribution is 5.93. The second kappa shape index (κ2) is 3.12. The van der Waals surface area contributed by atoms with Crippen molar-refractivity contribution in [3.8, 4) is 0 Å². The zero-order valence-corrected chi connectivity index (χ0v) is 8.62. The number of hydrogen-bond acceptors (Lipinski definition) is 3. The van der Waals surface area contributed by atoms with Crippen molar-refractivity contribution in [2.24, 2.45) is 5.41 Å². The minimum atomic E-state index is -0.170. The van der Waals surface area contributed by atoms with Crippen LogP contribution in [0.15, 0.2) is 23.7 Å². The van der Waals surface area contributed by atoms with Crippen molar-refractivity contribution in [1.82, 2.24) is 0 Å². The zero-order chi connectivity index (χ0) is 10.3. The first-order valence-electron chi connectivity index (χ1n) is 5.57. The largest absolute Gasteiger partial charge is 0.465 e. The molecule has 3 rings (SSSR count). The Morgan fingerprint density at radius 3 is 2.80 bits per heavy atom. The summed E-state index contributed by atoms with van der Waals surface area (Å²) in [5.41, 5.74) is 0.726. The molecule has 0 atom stereocenters. The third-order valence-corrected chi connectivity index (χ3v) is 3.66. The average molecular weight is 206 g/mol. The Hall–Kier alpha value is -1.25. The second-order valence-electron chi connectivity index (χ2n) is 4.51. The highest BCUT2D eigenvalue weighted by Gasteiger charge is 2.45. The van der Waals surface area contributed by atoms with E-state index in [2.05, 4.69) is 6.08 Å². The minimum Gasteiger partial charge on any atom is -0.465 e. The molecule has 0 aromatic carbocycles. The van der Waals surface area contributed by atoms with Crippen molar-refractivity contribution in [2.75, 3.05) is 6.61 Å². The molecular formula is C12H14O3. The van der Waals surface area contributed by atoms with Crippen LogP contribution in [0.2, 0.25) is 0 Å². The van der Waals surface area contributed by atoms with Crippen LogP contribution in [0.5, 0.6) is 0 Å². The molecule has 15 heavy (non-hydrogen) atoms. The van der Waals surface area contributed by atoms with Crippen molar-refractivity contribution in [1.29, 1.82) is 0 Å². The van der Waals surface area contributed by atoms with Gasteiger partial charge in [-0.15, -0.1) is 0 Å². The summed E-state index contributed by atoms with van der Waals surface area (Å²) in [6.07, 6.45) is 9.54. The molecule has 1 spiro atoms. The van der Waals surface area contributed by atoms with Crippen molar-refractivity contribution in [2.45, 2.75) is 32.1 Å². The lowest BCUT2D eigenvalue weighted by molar-refractivity contribution is -0.137. The van der Waals surface area contributed by atoms with Gasteiger partial charge in [-0.3, -0.25) is 0 Å². The number of carbonyl (C=O) groups excluding carboxylic acids is 1. The summed E-state index contributed by atoms with van der Waals surface area (Å²) in [5.74, 6) is 0.570. The molecule has 3 aliphatic rings. The molecule has 2 heterocycles. The van der Waals surface area contributed by atoms with Crippen LogP contribution in [0, 0.1) is 5.41 Å². The Morgan fingerprint density at radius 2 is 2.00 bits per heavy atom. The highest BCUT2D eigenvalue weighted by atomic mass is 16.6. The van der Waals surface area contributed by atoms with E-state index in [1.807, 2.05) is 0 Å². The van der Waals surface area contributed by atoms with Crippen LogP contribution in [0.4, 0.5) is 0 Å². The molecule has 0 aromatic rings. The summed E-state index contributed by atoms with van der Waals surface area (Å²) in [4.78, 5) is 11.7. The van der Waals surface area contributed by atoms with E-state index >= 15 is 0 Å². The number of hydrogen-bond donors (Lipinski definition) is 0. The molecule has 0 amide bonds. The van der Waals surface area contributed by atoms with E-state index in [0.717, 1.165) is 24.2 Å². The number of fused-ring (bicyclic) bond motifs is 1. The summed E-state index contributed by atoms with van der Waals surface area (Å²) >= 11 is 0. The number of carbonyl (C=O) groups is 1. The third-order valence-electron chi connectivity index (χ3n) is 3.66. The highest BCUT2D eigenvalue weighted by Crippen LogP contribution is 2.48. The van der Waals surface area contributed by atoms with E-state index in [9.17, 15) is 4.79 Å². The quantitative estimate of drug-likeness (QED) is 0.570. The average Bonchev–Trinajstić information content (AvgIpc) is 2.63. The molecule has 3 nitrogen and oxygen atoms in total. The number of ether oxygens (including phenoxy) is 2. The number of esters is 1. The molecule has 1 saturated carbocycles. The second-order valence-corrected chi connectivity index (χ2v) is 4.51. The standard InChI is InChI=1S/C12H14O3/c13-11-10-9(8-15-11)14-7-6-12(10)4-2-1-3-5-12/h6-7H,1-5,8H2. The fraction of sp³-hybridized carbons (Fsp3) is 0.583. The molecule has 1 fully saturated rings. The van der Waals surface area contributed by atoms with E-state index in [4.69, 9.17) is 9.47 Å². The minimum absolute atomic E-state index is 0.0700. The van der Waals surface area contributed by atoms with Gasteiger partial charge in [0.1, 0.15) is 6.61 Å². The molecule has 0 saturated heterocycles. The van der Waals surface area contributed by atoms with Gasteiger partial charge in [0, 0.05) is 5.41 Å². The molecule has 0 bridgehead atoms. The Morgan fingerprint density at radius 1 is 1.20 bits per heavy atom. The maximum Gasteiger partial charge on any atom is 0.338 e. The molecule has 0 N–H and O–H groups in total. The molecular weight excluding hydrogens is 192 g/mol. The third kappa shape index (κ3) is 1.22. The van der Waals surface area contributed by atoms with Crippen LogP contribution in [0.1, 0.15) is 32.1 Å². The van der Waals surface area contributed by atoms with Gasteiger partial charge in [0.15, 0.2) is 5.76 Å². The fourth-order valence-corrected chi connectivity index (χ4v) is 2.89. The zero-order valence-electron chi connectivity index (χ0n) is 8.62. The van der Waals surface area contributed by atoms with Crippen molar-refractivity contribution < 1.29 is 14.3 Å². The van der Waals surface area contributed by atoms with Crippen LogP contribution >= 0.6 is 0 Å². The lowest BCUT2D eigenvalue weighted by Gasteiger charge is -2.36. The van der Waals surface area contributed by atoms with Crippen LogP contribution < -0.4 is 0 Å². The molecule has 0 radical (unpaired) electrons. The van der Waals surface area contributed by atoms with E-state index in [1.54, 1.807) is 6.26 Å². The van der Waals surface area contributed by atoms with Gasteiger partial charge in [-0.25, -0.2) is 4.79 Å². The lowest BCUT2D eigenvalue weighted by Crippen LogP contribution is -2.29. The van der Waals surface area contributed by atoms with Crippen molar-refractivity contribution in [3.63, 3.8) is 0 Å². The molecule has 80 valence electrons. The Labute approximate surface area is 88.7 Å². The lowest BCUT2D eigenvalue weighted by atomic mass is 9.68. The Bertz CT molecular complexity index is 359. The van der Waals surface area contributed by atoms with Gasteiger partial charge >= 0.3 is 5.97 Å². The summed E-state index contributed by atoms with van der Waals surface area (Å²) in [6, 6.07) is 0. The molecule has 0 aromatic heterocycles. The van der Waals surface area contributed by atoms with Gasteiger partial charge in [0.25, 0.3) is 0 Å². The summed E-state index contributed by atoms with van der Waals surface area (Å²) in [6.45, 7) is 0.320. The summed E-state index contributed by atoms with van der Waals surface area (Å²) < 4.78 is 10.4. The molecule has 1 aliphatic carbocycles. The van der Waals surface area contributed by atoms with Gasteiger partial charge in [-0.2, -0.15) is 0 Å². The van der Waals surface area contributed by atoms with E-state index in [-0.39, 0.29) is 11.4 Å².